The molecule has 0 bridgehead atoms. The lowest BCUT2D eigenvalue weighted by Gasteiger charge is -2.30. The van der Waals surface area contributed by atoms with Crippen molar-refractivity contribution < 1.29 is 35.9 Å². The summed E-state index contributed by atoms with van der Waals surface area (Å²) in [5.74, 6) is 0.828. The molecule has 10 nitrogen and oxygen atoms in total. The highest BCUT2D eigenvalue weighted by atomic mass is 19.4. The van der Waals surface area contributed by atoms with Crippen LogP contribution in [0.4, 0.5) is 26.3 Å². The Balaban J connectivity index is 0.000000270. The van der Waals surface area contributed by atoms with Gasteiger partial charge in [0, 0.05) is 25.2 Å². The van der Waals surface area contributed by atoms with Crippen LogP contribution in [0.5, 0.6) is 0 Å². The molecule has 0 spiro atoms. The summed E-state index contributed by atoms with van der Waals surface area (Å²) >= 11 is 0. The maximum absolute atomic E-state index is 13.7. The van der Waals surface area contributed by atoms with Gasteiger partial charge in [-0.05, 0) is 166 Å². The van der Waals surface area contributed by atoms with Gasteiger partial charge in [0.2, 0.25) is 11.8 Å². The molecule has 5 N–H and O–H groups in total. The molecule has 402 valence electrons. The summed E-state index contributed by atoms with van der Waals surface area (Å²) in [6, 6.07) is 26.9. The average molecular weight is 1040 g/mol. The predicted octanol–water partition coefficient (Wildman–Crippen LogP) is 11.0. The second-order valence-electron chi connectivity index (χ2n) is 19.4. The van der Waals surface area contributed by atoms with Gasteiger partial charge in [0.05, 0.1) is 35.4 Å². The summed E-state index contributed by atoms with van der Waals surface area (Å²) in [6.45, 7) is 8.38. The highest BCUT2D eigenvalue weighted by Gasteiger charge is 2.36. The van der Waals surface area contributed by atoms with E-state index in [2.05, 4.69) is 75.3 Å². The van der Waals surface area contributed by atoms with Crippen LogP contribution in [0.3, 0.4) is 0 Å². The summed E-state index contributed by atoms with van der Waals surface area (Å²) in [4.78, 5) is 42.0. The molecule has 4 heterocycles. The normalized spacial score (nSPS) is 14.5. The van der Waals surface area contributed by atoms with E-state index >= 15 is 0 Å². The average Bonchev–Trinajstić information content (AvgIpc) is 3.33. The molecule has 2 amide bonds. The molecule has 2 aliphatic heterocycles. The number of aryl methyl sites for hydroxylation is 6. The summed E-state index contributed by atoms with van der Waals surface area (Å²) in [7, 11) is 2.14. The second kappa shape index (κ2) is 26.8. The molecule has 0 radical (unpaired) electrons. The van der Waals surface area contributed by atoms with Gasteiger partial charge in [-0.2, -0.15) is 26.3 Å². The Hall–Kier alpha value is -6.52. The van der Waals surface area contributed by atoms with Gasteiger partial charge >= 0.3 is 12.4 Å². The van der Waals surface area contributed by atoms with Crippen LogP contribution in [0.15, 0.2) is 97.3 Å². The van der Waals surface area contributed by atoms with E-state index in [-0.39, 0.29) is 51.9 Å². The van der Waals surface area contributed by atoms with Gasteiger partial charge in [0.25, 0.3) is 0 Å². The SMILES string of the molecule is C.C.Cc1cc(Cc2ncc(C(F)(F)F)c(CCc3ccccc3CC(N)=O)n2)ccc1C1CCN(C)CC1.Cc1cc(Cc2ncc(C(F)(F)F)c(CCc3ccccc3CC(N)=O)n2)ccc1C1CCNCC1. The van der Waals surface area contributed by atoms with Gasteiger partial charge in [-0.15, -0.1) is 0 Å². The van der Waals surface area contributed by atoms with E-state index in [1.54, 1.807) is 42.5 Å². The number of aromatic nitrogens is 4. The summed E-state index contributed by atoms with van der Waals surface area (Å²) in [5, 5.41) is 3.38. The first-order valence-corrected chi connectivity index (χ1v) is 24.9. The van der Waals surface area contributed by atoms with E-state index in [0.29, 0.717) is 49.2 Å². The molecule has 75 heavy (non-hydrogen) atoms. The van der Waals surface area contributed by atoms with Gasteiger partial charge in [0.15, 0.2) is 0 Å². The number of rotatable bonds is 16. The van der Waals surface area contributed by atoms with E-state index in [0.717, 1.165) is 97.6 Å². The largest absolute Gasteiger partial charge is 0.419 e. The van der Waals surface area contributed by atoms with E-state index in [4.69, 9.17) is 11.5 Å². The van der Waals surface area contributed by atoms with Gasteiger partial charge in [0.1, 0.15) is 11.6 Å². The van der Waals surface area contributed by atoms with Crippen LogP contribution in [0.25, 0.3) is 0 Å². The first-order valence-electron chi connectivity index (χ1n) is 24.9. The number of alkyl halides is 6. The number of nitrogens with one attached hydrogen (secondary N) is 1. The predicted molar refractivity (Wildman–Crippen MR) is 283 cm³/mol. The number of nitrogens with two attached hydrogens (primary N) is 2. The van der Waals surface area contributed by atoms with Crippen molar-refractivity contribution in [2.75, 3.05) is 33.2 Å². The van der Waals surface area contributed by atoms with Crippen molar-refractivity contribution in [3.05, 3.63) is 187 Å². The zero-order chi connectivity index (χ0) is 52.3. The third-order valence-electron chi connectivity index (χ3n) is 14.0. The number of benzene rings is 4. The van der Waals surface area contributed by atoms with Crippen LogP contribution in [0.2, 0.25) is 0 Å². The maximum atomic E-state index is 13.7. The lowest BCUT2D eigenvalue weighted by molar-refractivity contribution is -0.139. The minimum absolute atomic E-state index is 0. The molecular formula is C59H72F6N8O2. The van der Waals surface area contributed by atoms with Crippen LogP contribution >= 0.6 is 0 Å². The lowest BCUT2D eigenvalue weighted by atomic mass is 9.86. The number of halogens is 6. The first-order chi connectivity index (χ1) is 34.8. The van der Waals surface area contributed by atoms with Crippen LogP contribution in [0, 0.1) is 13.8 Å². The fourth-order valence-corrected chi connectivity index (χ4v) is 10.2. The van der Waals surface area contributed by atoms with Crippen molar-refractivity contribution >= 4 is 11.8 Å². The molecule has 0 unspecified atom stereocenters. The fourth-order valence-electron chi connectivity index (χ4n) is 10.2. The monoisotopic (exact) mass is 1040 g/mol. The molecule has 16 heteroatoms. The zero-order valence-corrected chi connectivity index (χ0v) is 41.7. The van der Waals surface area contributed by atoms with Crippen molar-refractivity contribution in [1.29, 1.82) is 0 Å². The number of carbonyl (C=O) groups excluding carboxylic acids is 2. The van der Waals surface area contributed by atoms with Crippen molar-refractivity contribution in [3.8, 4) is 0 Å². The number of hydrogen-bond acceptors (Lipinski definition) is 8. The number of likely N-dealkylation sites (tertiary alicyclic amines) is 1. The molecule has 0 atom stereocenters. The highest BCUT2D eigenvalue weighted by molar-refractivity contribution is 5.77. The Labute approximate surface area is 438 Å². The Bertz CT molecular complexity index is 2860. The summed E-state index contributed by atoms with van der Waals surface area (Å²) in [6.07, 6.45) is -1.25. The van der Waals surface area contributed by atoms with Crippen molar-refractivity contribution in [3.63, 3.8) is 0 Å². The fraction of sp³-hybridized carbons (Fsp3) is 0.424. The Morgan fingerprint density at radius 2 is 0.973 bits per heavy atom. The van der Waals surface area contributed by atoms with E-state index < -0.39 is 35.3 Å². The number of hydrogen-bond donors (Lipinski definition) is 3. The quantitative estimate of drug-likeness (QED) is 0.0810. The number of nitrogens with zero attached hydrogens (tertiary/aromatic N) is 5. The molecule has 2 aliphatic rings. The third-order valence-corrected chi connectivity index (χ3v) is 14.0. The highest BCUT2D eigenvalue weighted by Crippen LogP contribution is 2.35. The molecule has 0 aliphatic carbocycles. The van der Waals surface area contributed by atoms with Gasteiger partial charge in [-0.3, -0.25) is 9.59 Å². The third kappa shape index (κ3) is 16.7. The van der Waals surface area contributed by atoms with Crippen LogP contribution < -0.4 is 16.8 Å². The van der Waals surface area contributed by atoms with Crippen molar-refractivity contribution in [2.45, 2.75) is 130 Å². The number of amides is 2. The standard InChI is InChI=1S/C29H33F3N4O.C28H31F3N4O.2CH4/c1-19-15-20(7-9-24(19)22-11-13-36(2)14-12-22)16-28-34-18-25(29(30,31)32)26(35-28)10-8-21-5-3-4-6-23(21)17-27(33)37;1-18-14-19(6-8-23(18)21-10-12-33-13-11-21)15-27-34-17-24(28(29,30)31)25(35-27)9-7-20-4-2-3-5-22(20)16-26(32)36;;/h3-7,9,15,18,22H,8,10-14,16-17H2,1-2H3,(H2,33,37);2-6,8,14,17,21,33H,7,9-13,15-16H2,1H3,(H2,32,36);2*1H4. The van der Waals surface area contributed by atoms with E-state index in [1.165, 1.54) is 22.3 Å². The first kappa shape index (κ1) is 59.4. The number of carbonyl (C=O) groups is 2. The Morgan fingerprint density at radius 1 is 0.587 bits per heavy atom. The van der Waals surface area contributed by atoms with Gasteiger partial charge in [-0.25, -0.2) is 19.9 Å². The molecule has 8 rings (SSSR count). The summed E-state index contributed by atoms with van der Waals surface area (Å²) in [5.41, 5.74) is 19.0. The Morgan fingerprint density at radius 3 is 1.35 bits per heavy atom. The van der Waals surface area contributed by atoms with Gasteiger partial charge in [-0.1, -0.05) is 99.8 Å². The smallest absolute Gasteiger partial charge is 0.369 e. The van der Waals surface area contributed by atoms with Crippen LogP contribution in [0.1, 0.15) is 142 Å². The molecule has 2 aromatic heterocycles. The number of primary amides is 2. The molecule has 2 saturated heterocycles. The van der Waals surface area contributed by atoms with E-state index in [1.807, 2.05) is 18.2 Å². The maximum Gasteiger partial charge on any atom is 0.419 e. The van der Waals surface area contributed by atoms with Gasteiger partial charge < -0.3 is 21.7 Å². The minimum Gasteiger partial charge on any atom is -0.369 e. The van der Waals surface area contributed by atoms with Crippen molar-refractivity contribution in [2.24, 2.45) is 11.5 Å². The molecular weight excluding hydrogens is 967 g/mol. The molecule has 0 saturated carbocycles. The Kier molecular flexibility index (Phi) is 21.2. The second-order valence-corrected chi connectivity index (χ2v) is 19.4. The number of piperidine rings is 2. The van der Waals surface area contributed by atoms with Crippen molar-refractivity contribution in [1.82, 2.24) is 30.2 Å². The van der Waals surface area contributed by atoms with Crippen LogP contribution in [-0.2, 0) is 73.3 Å². The molecule has 6 aromatic rings. The lowest BCUT2D eigenvalue weighted by Crippen LogP contribution is -2.29. The van der Waals surface area contributed by atoms with Crippen LogP contribution in [-0.4, -0.2) is 69.9 Å². The van der Waals surface area contributed by atoms with E-state index in [9.17, 15) is 35.9 Å². The topological polar surface area (TPSA) is 153 Å². The minimum atomic E-state index is -4.55. The zero-order valence-electron chi connectivity index (χ0n) is 41.7. The molecule has 4 aromatic carbocycles. The summed E-state index contributed by atoms with van der Waals surface area (Å²) < 4.78 is 82.4. The molecule has 2 fully saturated rings.